The molecule has 0 aliphatic heterocycles. The predicted molar refractivity (Wildman–Crippen MR) is 326 cm³/mol. The van der Waals surface area contributed by atoms with Crippen LogP contribution >= 0.6 is 15.9 Å². The van der Waals surface area contributed by atoms with Crippen molar-refractivity contribution in [2.45, 2.75) is 52.4 Å². The van der Waals surface area contributed by atoms with Gasteiger partial charge in [0.25, 0.3) is 0 Å². The second-order valence-electron chi connectivity index (χ2n) is 21.7. The molecule has 0 bridgehead atoms. The lowest BCUT2D eigenvalue weighted by atomic mass is 9.88. The summed E-state index contributed by atoms with van der Waals surface area (Å²) in [6.45, 7) is 13.3. The van der Waals surface area contributed by atoms with Crippen LogP contribution in [-0.2, 0) is 10.8 Å². The maximum absolute atomic E-state index is 9.98. The Morgan fingerprint density at radius 3 is 1.39 bits per heavy atom. The van der Waals surface area contributed by atoms with Crippen LogP contribution in [0, 0.1) is 0 Å². The van der Waals surface area contributed by atoms with Gasteiger partial charge in [-0.3, -0.25) is 18.3 Å². The fourth-order valence-corrected chi connectivity index (χ4v) is 10.7. The molecule has 14 aromatic rings. The van der Waals surface area contributed by atoms with Crippen LogP contribution in [0.3, 0.4) is 0 Å². The highest BCUT2D eigenvalue weighted by atomic mass is 79.9. The Bertz CT molecular complexity index is 4550. The molecule has 0 amide bonds. The first kappa shape index (κ1) is 50.5. The van der Waals surface area contributed by atoms with E-state index in [1.165, 1.54) is 21.9 Å². The summed E-state index contributed by atoms with van der Waals surface area (Å²) in [6, 6.07) is 69.6. The van der Waals surface area contributed by atoms with Gasteiger partial charge >= 0.3 is 0 Å². The number of ether oxygens (including phenoxy) is 1. The van der Waals surface area contributed by atoms with Gasteiger partial charge in [-0.1, -0.05) is 130 Å². The van der Waals surface area contributed by atoms with E-state index in [1.54, 1.807) is 12.1 Å². The van der Waals surface area contributed by atoms with Gasteiger partial charge in [0.1, 0.15) is 41.5 Å². The maximum Gasteiger partial charge on any atom is 0.137 e. The van der Waals surface area contributed by atoms with Gasteiger partial charge < -0.3 is 9.84 Å². The summed E-state index contributed by atoms with van der Waals surface area (Å²) in [5.41, 5.74) is 13.1. The highest BCUT2D eigenvalue weighted by molar-refractivity contribution is 9.10. The summed E-state index contributed by atoms with van der Waals surface area (Å²) in [4.78, 5) is 18.3. The van der Waals surface area contributed by atoms with E-state index in [9.17, 15) is 5.11 Å². The standard InChI is InChI=1S/C34H28N4O.C21H20N2O.C13H9BrN2/c1-34(2,3)23-17-18-35-33(19-23)38-30-13-6-4-11-27(30)28-16-15-26(21-32(28)38)39-25-10-8-9-24(20-25)37-22-36-29-12-5-7-14-31(29)37;1-21(2,3)14-10-11-22-20(12-14)23-18-7-5-4-6-16(18)17-9-8-15(24)13-19(17)23;14-10-4-3-5-11(8-10)16-9-15-12-6-1-2-7-13(12)16/h4-22H,1-3H3;4-13,24H,1-3H3;1-9H. The van der Waals surface area contributed by atoms with E-state index in [4.69, 9.17) is 9.72 Å². The molecule has 0 saturated carbocycles. The second kappa shape index (κ2) is 20.6. The fraction of sp³-hybridized carbons (Fsp3) is 0.118. The number of halogens is 1. The molecule has 388 valence electrons. The number of para-hydroxylation sites is 6. The Morgan fingerprint density at radius 2 is 0.848 bits per heavy atom. The van der Waals surface area contributed by atoms with Crippen LogP contribution in [-0.4, -0.2) is 43.3 Å². The molecular weight excluding hydrogens is 1040 g/mol. The molecule has 0 aliphatic carbocycles. The molecule has 11 heteroatoms. The minimum atomic E-state index is 0.0241. The average Bonchev–Trinajstić information content (AvgIpc) is 4.42. The van der Waals surface area contributed by atoms with Gasteiger partial charge in [-0.05, 0) is 137 Å². The molecule has 0 unspecified atom stereocenters. The third-order valence-corrected chi connectivity index (χ3v) is 14.8. The zero-order chi connectivity index (χ0) is 54.4. The molecule has 0 atom stereocenters. The van der Waals surface area contributed by atoms with Crippen molar-refractivity contribution in [3.8, 4) is 40.3 Å². The number of nitrogens with zero attached hydrogens (tertiary/aromatic N) is 8. The van der Waals surface area contributed by atoms with Gasteiger partial charge in [0.15, 0.2) is 0 Å². The minimum absolute atomic E-state index is 0.0241. The smallest absolute Gasteiger partial charge is 0.137 e. The number of fused-ring (bicyclic) bond motifs is 8. The Kier molecular flexibility index (Phi) is 13.1. The van der Waals surface area contributed by atoms with Crippen LogP contribution in [0.2, 0.25) is 0 Å². The SMILES string of the molecule is Brc1cccc(-n2cnc3ccccc32)c1.CC(C)(C)c1ccnc(-n2c3ccccc3c3ccc(O)cc32)c1.CC(C)(C)c1ccnc(-n2c3ccccc3c3ccc(Oc4cccc(-n5cnc6ccccc65)c4)cc32)c1. The Labute approximate surface area is 466 Å². The lowest BCUT2D eigenvalue weighted by Crippen LogP contribution is -2.12. The van der Waals surface area contributed by atoms with Crippen molar-refractivity contribution < 1.29 is 9.84 Å². The largest absolute Gasteiger partial charge is 0.508 e. The molecule has 0 fully saturated rings. The van der Waals surface area contributed by atoms with Crippen LogP contribution < -0.4 is 4.74 Å². The van der Waals surface area contributed by atoms with Gasteiger partial charge in [0.2, 0.25) is 0 Å². The molecule has 0 aliphatic rings. The van der Waals surface area contributed by atoms with E-state index < -0.39 is 0 Å². The monoisotopic (exact) mass is 1100 g/mol. The molecule has 0 spiro atoms. The molecule has 1 N–H and O–H groups in total. The molecule has 6 aromatic heterocycles. The first-order valence-corrected chi connectivity index (χ1v) is 27.1. The van der Waals surface area contributed by atoms with Crippen LogP contribution in [0.1, 0.15) is 52.7 Å². The van der Waals surface area contributed by atoms with Crippen LogP contribution in [0.15, 0.2) is 236 Å². The highest BCUT2D eigenvalue weighted by Crippen LogP contribution is 2.38. The van der Waals surface area contributed by atoms with Crippen LogP contribution in [0.25, 0.3) is 88.7 Å². The zero-order valence-corrected chi connectivity index (χ0v) is 46.3. The summed E-state index contributed by atoms with van der Waals surface area (Å²) < 4.78 is 16.0. The van der Waals surface area contributed by atoms with Crippen molar-refractivity contribution in [2.75, 3.05) is 0 Å². The van der Waals surface area contributed by atoms with E-state index in [1.807, 2.05) is 116 Å². The maximum atomic E-state index is 9.98. The van der Waals surface area contributed by atoms with Crippen molar-refractivity contribution >= 4 is 81.6 Å². The van der Waals surface area contributed by atoms with Crippen molar-refractivity contribution in [3.05, 3.63) is 247 Å². The lowest BCUT2D eigenvalue weighted by Gasteiger charge is -2.20. The average molecular weight is 1100 g/mol. The number of rotatable bonds is 6. The summed E-state index contributed by atoms with van der Waals surface area (Å²) in [5.74, 6) is 3.57. The number of aromatic nitrogens is 8. The number of phenols is 1. The molecule has 0 radical (unpaired) electrons. The number of hydrogen-bond donors (Lipinski definition) is 1. The van der Waals surface area contributed by atoms with Gasteiger partial charge in [-0.25, -0.2) is 19.9 Å². The van der Waals surface area contributed by atoms with E-state index >= 15 is 0 Å². The van der Waals surface area contributed by atoms with E-state index in [2.05, 4.69) is 194 Å². The fourth-order valence-electron chi connectivity index (χ4n) is 10.3. The van der Waals surface area contributed by atoms with Gasteiger partial charge in [-0.2, -0.15) is 0 Å². The summed E-state index contributed by atoms with van der Waals surface area (Å²) in [6.07, 6.45) is 7.47. The first-order chi connectivity index (χ1) is 38.2. The van der Waals surface area contributed by atoms with Gasteiger partial charge in [-0.15, -0.1) is 0 Å². The summed E-state index contributed by atoms with van der Waals surface area (Å²) >= 11 is 3.48. The van der Waals surface area contributed by atoms with Crippen LogP contribution in [0.5, 0.6) is 17.2 Å². The molecule has 0 saturated heterocycles. The molecule has 79 heavy (non-hydrogen) atoms. The van der Waals surface area contributed by atoms with E-state index in [0.29, 0.717) is 0 Å². The first-order valence-electron chi connectivity index (χ1n) is 26.3. The third-order valence-electron chi connectivity index (χ3n) is 14.3. The normalized spacial score (nSPS) is 11.8. The van der Waals surface area contributed by atoms with Crippen molar-refractivity contribution in [1.82, 2.24) is 38.2 Å². The second-order valence-corrected chi connectivity index (χ2v) is 22.6. The quantitative estimate of drug-likeness (QED) is 0.178. The molecular formula is C68H57BrN8O2. The van der Waals surface area contributed by atoms with E-state index in [0.717, 1.165) is 93.9 Å². The van der Waals surface area contributed by atoms with E-state index in [-0.39, 0.29) is 16.6 Å². The van der Waals surface area contributed by atoms with Crippen LogP contribution in [0.4, 0.5) is 0 Å². The number of imidazole rings is 2. The number of aromatic hydroxyl groups is 1. The number of hydrogen-bond acceptors (Lipinski definition) is 6. The summed E-state index contributed by atoms with van der Waals surface area (Å²) in [5, 5.41) is 14.6. The highest BCUT2D eigenvalue weighted by Gasteiger charge is 2.20. The van der Waals surface area contributed by atoms with Gasteiger partial charge in [0, 0.05) is 62.3 Å². The topological polar surface area (TPSA) is 101 Å². The van der Waals surface area contributed by atoms with Crippen molar-refractivity contribution in [2.24, 2.45) is 0 Å². The predicted octanol–water partition coefficient (Wildman–Crippen LogP) is 17.6. The van der Waals surface area contributed by atoms with Crippen molar-refractivity contribution in [3.63, 3.8) is 0 Å². The third kappa shape index (κ3) is 10.0. The molecule has 14 rings (SSSR count). The number of benzene rings is 8. The Hall–Kier alpha value is -9.32. The molecule has 10 nitrogen and oxygen atoms in total. The van der Waals surface area contributed by atoms with Crippen molar-refractivity contribution in [1.29, 1.82) is 0 Å². The van der Waals surface area contributed by atoms with Gasteiger partial charge in [0.05, 0.1) is 49.8 Å². The molecule has 8 aromatic carbocycles. The Morgan fingerprint density at radius 1 is 0.392 bits per heavy atom. The number of phenolic OH excluding ortho intramolecular Hbond substituents is 1. The Balaban J connectivity index is 0.000000132. The zero-order valence-electron chi connectivity index (χ0n) is 44.8. The molecule has 6 heterocycles. The number of pyridine rings is 2. The lowest BCUT2D eigenvalue weighted by molar-refractivity contribution is 0.476. The summed E-state index contributed by atoms with van der Waals surface area (Å²) in [7, 11) is 0. The minimum Gasteiger partial charge on any atom is -0.508 e.